The predicted octanol–water partition coefficient (Wildman–Crippen LogP) is 0.613. The monoisotopic (exact) mass is 397 g/mol. The molecular formula is C20H27N7O2. The Morgan fingerprint density at radius 1 is 1.10 bits per heavy atom. The summed E-state index contributed by atoms with van der Waals surface area (Å²) in [5.74, 6) is 2.12. The smallest absolute Gasteiger partial charge is 0.251 e. The van der Waals surface area contributed by atoms with E-state index in [0.717, 1.165) is 38.1 Å². The highest BCUT2D eigenvalue weighted by Gasteiger charge is 2.20. The highest BCUT2D eigenvalue weighted by atomic mass is 16.5. The van der Waals surface area contributed by atoms with Gasteiger partial charge in [-0.3, -0.25) is 9.79 Å². The first-order chi connectivity index (χ1) is 14.2. The SMILES string of the molecule is CN=C(NCCNC(=O)c1cccc(OC)c1)N1CCN(c2ncccn2)CC1. The van der Waals surface area contributed by atoms with E-state index in [1.165, 1.54) is 0 Å². The van der Waals surface area contributed by atoms with Crippen LogP contribution in [-0.2, 0) is 0 Å². The Hall–Kier alpha value is -3.36. The Labute approximate surface area is 170 Å². The number of anilines is 1. The van der Waals surface area contributed by atoms with E-state index in [4.69, 9.17) is 4.74 Å². The second-order valence-electron chi connectivity index (χ2n) is 6.48. The van der Waals surface area contributed by atoms with Crippen molar-refractivity contribution in [1.82, 2.24) is 25.5 Å². The molecule has 9 nitrogen and oxygen atoms in total. The average Bonchev–Trinajstić information content (AvgIpc) is 2.80. The maximum Gasteiger partial charge on any atom is 0.251 e. The van der Waals surface area contributed by atoms with Crippen molar-refractivity contribution in [2.45, 2.75) is 0 Å². The van der Waals surface area contributed by atoms with Crippen molar-refractivity contribution in [1.29, 1.82) is 0 Å². The fraction of sp³-hybridized carbons (Fsp3) is 0.400. The normalized spacial score (nSPS) is 14.5. The van der Waals surface area contributed by atoms with Crippen LogP contribution in [0, 0.1) is 0 Å². The van der Waals surface area contributed by atoms with Gasteiger partial charge in [-0.05, 0) is 24.3 Å². The Kier molecular flexibility index (Phi) is 7.21. The van der Waals surface area contributed by atoms with E-state index >= 15 is 0 Å². The minimum Gasteiger partial charge on any atom is -0.497 e. The number of carbonyl (C=O) groups excluding carboxylic acids is 1. The lowest BCUT2D eigenvalue weighted by Gasteiger charge is -2.36. The van der Waals surface area contributed by atoms with Gasteiger partial charge in [-0.2, -0.15) is 0 Å². The Balaban J connectivity index is 1.41. The fourth-order valence-corrected chi connectivity index (χ4v) is 3.12. The number of guanidine groups is 1. The number of aromatic nitrogens is 2. The van der Waals surface area contributed by atoms with Crippen LogP contribution in [0.25, 0.3) is 0 Å². The molecule has 2 heterocycles. The van der Waals surface area contributed by atoms with Crippen LogP contribution in [-0.4, -0.2) is 80.2 Å². The van der Waals surface area contributed by atoms with Gasteiger partial charge in [-0.25, -0.2) is 9.97 Å². The van der Waals surface area contributed by atoms with Gasteiger partial charge in [0.1, 0.15) is 5.75 Å². The van der Waals surface area contributed by atoms with E-state index in [-0.39, 0.29) is 5.91 Å². The van der Waals surface area contributed by atoms with Crippen molar-refractivity contribution in [3.63, 3.8) is 0 Å². The molecule has 29 heavy (non-hydrogen) atoms. The Morgan fingerprint density at radius 2 is 1.83 bits per heavy atom. The van der Waals surface area contributed by atoms with E-state index in [1.807, 2.05) is 12.1 Å². The molecule has 2 N–H and O–H groups in total. The largest absolute Gasteiger partial charge is 0.497 e. The van der Waals surface area contributed by atoms with Gasteiger partial charge in [0, 0.05) is 64.3 Å². The number of ether oxygens (including phenoxy) is 1. The van der Waals surface area contributed by atoms with Gasteiger partial charge in [0.15, 0.2) is 5.96 Å². The van der Waals surface area contributed by atoms with E-state index < -0.39 is 0 Å². The van der Waals surface area contributed by atoms with Crippen LogP contribution in [0.2, 0.25) is 0 Å². The number of nitrogens with zero attached hydrogens (tertiary/aromatic N) is 5. The number of carbonyl (C=O) groups is 1. The minimum atomic E-state index is -0.128. The molecule has 0 saturated carbocycles. The summed E-state index contributed by atoms with van der Waals surface area (Å²) in [4.78, 5) is 29.6. The van der Waals surface area contributed by atoms with Crippen LogP contribution in [0.4, 0.5) is 5.95 Å². The first-order valence-corrected chi connectivity index (χ1v) is 9.61. The molecule has 0 atom stereocenters. The predicted molar refractivity (Wildman–Crippen MR) is 113 cm³/mol. The van der Waals surface area contributed by atoms with Crippen molar-refractivity contribution >= 4 is 17.8 Å². The first-order valence-electron chi connectivity index (χ1n) is 9.61. The summed E-state index contributed by atoms with van der Waals surface area (Å²) in [6.45, 7) is 4.40. The fourth-order valence-electron chi connectivity index (χ4n) is 3.12. The van der Waals surface area contributed by atoms with Crippen LogP contribution in [0.15, 0.2) is 47.7 Å². The van der Waals surface area contributed by atoms with Gasteiger partial charge in [-0.1, -0.05) is 6.07 Å². The molecule has 9 heteroatoms. The zero-order valence-electron chi connectivity index (χ0n) is 16.8. The highest BCUT2D eigenvalue weighted by Crippen LogP contribution is 2.12. The van der Waals surface area contributed by atoms with Crippen molar-refractivity contribution in [2.75, 3.05) is 58.3 Å². The summed E-state index contributed by atoms with van der Waals surface area (Å²) >= 11 is 0. The first kappa shape index (κ1) is 20.4. The summed E-state index contributed by atoms with van der Waals surface area (Å²) in [5, 5.41) is 6.22. The number of rotatable bonds is 6. The molecule has 0 unspecified atom stereocenters. The molecule has 1 saturated heterocycles. The highest BCUT2D eigenvalue weighted by molar-refractivity contribution is 5.94. The number of amides is 1. The van der Waals surface area contributed by atoms with E-state index in [0.29, 0.717) is 24.4 Å². The van der Waals surface area contributed by atoms with Gasteiger partial charge in [-0.15, -0.1) is 0 Å². The lowest BCUT2D eigenvalue weighted by Crippen LogP contribution is -2.53. The van der Waals surface area contributed by atoms with Gasteiger partial charge in [0.2, 0.25) is 5.95 Å². The molecule has 1 aromatic heterocycles. The maximum atomic E-state index is 12.2. The third-order valence-corrected chi connectivity index (χ3v) is 4.65. The van der Waals surface area contributed by atoms with Gasteiger partial charge in [0.05, 0.1) is 7.11 Å². The summed E-state index contributed by atoms with van der Waals surface area (Å²) in [6.07, 6.45) is 3.52. The third-order valence-electron chi connectivity index (χ3n) is 4.65. The van der Waals surface area contributed by atoms with Crippen LogP contribution < -0.4 is 20.3 Å². The Bertz CT molecular complexity index is 821. The second kappa shape index (κ2) is 10.3. The summed E-state index contributed by atoms with van der Waals surface area (Å²) in [7, 11) is 3.35. The number of piperazine rings is 1. The minimum absolute atomic E-state index is 0.128. The van der Waals surface area contributed by atoms with E-state index in [9.17, 15) is 4.79 Å². The maximum absolute atomic E-state index is 12.2. The number of methoxy groups -OCH3 is 1. The number of hydrogen-bond donors (Lipinski definition) is 2. The van der Waals surface area contributed by atoms with Crippen LogP contribution in [0.1, 0.15) is 10.4 Å². The van der Waals surface area contributed by atoms with Crippen molar-refractivity contribution in [3.05, 3.63) is 48.3 Å². The zero-order valence-corrected chi connectivity index (χ0v) is 16.8. The third kappa shape index (κ3) is 5.56. The molecule has 0 spiro atoms. The molecule has 1 fully saturated rings. The molecule has 1 aliphatic rings. The molecular weight excluding hydrogens is 370 g/mol. The van der Waals surface area contributed by atoms with Gasteiger partial charge < -0.3 is 25.2 Å². The molecule has 0 bridgehead atoms. The number of benzene rings is 1. The van der Waals surface area contributed by atoms with Gasteiger partial charge in [0.25, 0.3) is 5.91 Å². The average molecular weight is 397 g/mol. The van der Waals surface area contributed by atoms with Crippen molar-refractivity contribution in [3.8, 4) is 5.75 Å². The quantitative estimate of drug-likeness (QED) is 0.419. The zero-order chi connectivity index (χ0) is 20.5. The van der Waals surface area contributed by atoms with Gasteiger partial charge >= 0.3 is 0 Å². The standard InChI is InChI=1S/C20H27N7O2/c1-21-19(26-11-13-27(14-12-26)20-23-7-4-8-24-20)25-10-9-22-18(28)16-5-3-6-17(15-16)29-2/h3-8,15H,9-14H2,1-2H3,(H,21,25)(H,22,28). The van der Waals surface area contributed by atoms with E-state index in [2.05, 4.69) is 35.4 Å². The van der Waals surface area contributed by atoms with Crippen LogP contribution in [0.5, 0.6) is 5.75 Å². The summed E-state index contributed by atoms with van der Waals surface area (Å²) in [5.41, 5.74) is 0.577. The van der Waals surface area contributed by atoms with E-state index in [1.54, 1.807) is 44.8 Å². The lowest BCUT2D eigenvalue weighted by atomic mass is 10.2. The summed E-state index contributed by atoms with van der Waals surface area (Å²) < 4.78 is 5.15. The molecule has 3 rings (SSSR count). The lowest BCUT2D eigenvalue weighted by molar-refractivity contribution is 0.0954. The topological polar surface area (TPSA) is 95.0 Å². The molecule has 2 aromatic rings. The number of nitrogens with one attached hydrogen (secondary N) is 2. The molecule has 0 aliphatic carbocycles. The summed E-state index contributed by atoms with van der Waals surface area (Å²) in [6, 6.07) is 8.91. The second-order valence-corrected chi connectivity index (χ2v) is 6.48. The van der Waals surface area contributed by atoms with Crippen molar-refractivity contribution in [2.24, 2.45) is 4.99 Å². The molecule has 154 valence electrons. The van der Waals surface area contributed by atoms with Crippen molar-refractivity contribution < 1.29 is 9.53 Å². The molecule has 1 aromatic carbocycles. The number of hydrogen-bond acceptors (Lipinski definition) is 6. The molecule has 1 aliphatic heterocycles. The Morgan fingerprint density at radius 3 is 2.52 bits per heavy atom. The number of aliphatic imine (C=N–C) groups is 1. The molecule has 0 radical (unpaired) electrons. The van der Waals surface area contributed by atoms with Crippen LogP contribution >= 0.6 is 0 Å². The molecule has 1 amide bonds. The van der Waals surface area contributed by atoms with Crippen LogP contribution in [0.3, 0.4) is 0 Å².